The maximum atomic E-state index is 12.6. The molecule has 1 aromatic rings. The van der Waals surface area contributed by atoms with E-state index in [1.54, 1.807) is 13.8 Å². The Balaban J connectivity index is 2.08. The number of piperidine rings is 1. The van der Waals surface area contributed by atoms with E-state index in [2.05, 4.69) is 10.4 Å². The molecule has 2 heterocycles. The molecule has 0 radical (unpaired) electrons. The molecule has 0 aromatic carbocycles. The highest BCUT2D eigenvalue weighted by Gasteiger charge is 2.32. The number of nitrogens with one attached hydrogen (secondary N) is 1. The largest absolute Gasteiger partial charge is 0.481 e. The fourth-order valence-electron chi connectivity index (χ4n) is 3.37. The number of alkyl halides is 3. The normalized spacial score (nSPS) is 19.3. The number of carboxylic acids is 1. The van der Waals surface area contributed by atoms with Gasteiger partial charge in [0.05, 0.1) is 17.7 Å². The van der Waals surface area contributed by atoms with Crippen molar-refractivity contribution < 1.29 is 27.9 Å². The van der Waals surface area contributed by atoms with Crippen LogP contribution in [-0.2, 0) is 11.3 Å². The van der Waals surface area contributed by atoms with Crippen molar-refractivity contribution in [2.75, 3.05) is 13.1 Å². The fourth-order valence-corrected chi connectivity index (χ4v) is 3.37. The number of carbonyl (C=O) groups is 2. The quantitative estimate of drug-likeness (QED) is 0.846. The van der Waals surface area contributed by atoms with Gasteiger partial charge in [-0.05, 0) is 33.6 Å². The first-order valence-corrected chi connectivity index (χ1v) is 8.38. The molecule has 2 atom stereocenters. The van der Waals surface area contributed by atoms with E-state index in [0.717, 1.165) is 4.68 Å². The number of urea groups is 1. The van der Waals surface area contributed by atoms with Crippen LogP contribution in [0.3, 0.4) is 0 Å². The van der Waals surface area contributed by atoms with Gasteiger partial charge in [-0.3, -0.25) is 9.48 Å². The van der Waals surface area contributed by atoms with Crippen LogP contribution in [0.1, 0.15) is 42.8 Å². The Morgan fingerprint density at radius 3 is 2.62 bits per heavy atom. The predicted molar refractivity (Wildman–Crippen MR) is 86.6 cm³/mol. The Hall–Kier alpha value is -2.26. The molecule has 0 spiro atoms. The summed E-state index contributed by atoms with van der Waals surface area (Å²) in [6, 6.07) is -0.972. The van der Waals surface area contributed by atoms with E-state index in [4.69, 9.17) is 5.11 Å². The second kappa shape index (κ2) is 7.55. The molecule has 0 bridgehead atoms. The van der Waals surface area contributed by atoms with Crippen LogP contribution in [0.5, 0.6) is 0 Å². The van der Waals surface area contributed by atoms with Gasteiger partial charge in [0.2, 0.25) is 0 Å². The summed E-state index contributed by atoms with van der Waals surface area (Å²) in [5, 5.41) is 15.8. The highest BCUT2D eigenvalue weighted by molar-refractivity contribution is 5.77. The lowest BCUT2D eigenvalue weighted by Crippen LogP contribution is -2.47. The van der Waals surface area contributed by atoms with E-state index < -0.39 is 36.7 Å². The summed E-state index contributed by atoms with van der Waals surface area (Å²) in [4.78, 5) is 25.0. The first kappa shape index (κ1) is 20.1. The molecular weight excluding hydrogens is 353 g/mol. The minimum atomic E-state index is -4.38. The average Bonchev–Trinajstić information content (AvgIpc) is 2.79. The maximum absolute atomic E-state index is 12.6. The maximum Gasteiger partial charge on any atom is 0.408 e. The van der Waals surface area contributed by atoms with Gasteiger partial charge in [-0.1, -0.05) is 0 Å². The first-order chi connectivity index (χ1) is 12.0. The van der Waals surface area contributed by atoms with Crippen molar-refractivity contribution in [3.8, 4) is 0 Å². The van der Waals surface area contributed by atoms with E-state index in [1.165, 1.54) is 11.8 Å². The Morgan fingerprint density at radius 2 is 2.04 bits per heavy atom. The van der Waals surface area contributed by atoms with Crippen LogP contribution in [0.4, 0.5) is 18.0 Å². The van der Waals surface area contributed by atoms with Gasteiger partial charge in [0, 0.05) is 24.3 Å². The Labute approximate surface area is 149 Å². The number of aromatic nitrogens is 2. The molecule has 1 aliphatic rings. The zero-order valence-corrected chi connectivity index (χ0v) is 14.9. The molecular formula is C16H23F3N4O3. The third-order valence-corrected chi connectivity index (χ3v) is 4.60. The SMILES string of the molecule is Cc1nn(CC(F)(F)F)c(C)c1C(C)NC(=O)N1CCCC(C(=O)O)C1. The molecule has 2 rings (SSSR count). The van der Waals surface area contributed by atoms with Gasteiger partial charge in [0.25, 0.3) is 0 Å². The lowest BCUT2D eigenvalue weighted by atomic mass is 9.98. The van der Waals surface area contributed by atoms with Crippen molar-refractivity contribution in [1.82, 2.24) is 20.0 Å². The Kier molecular flexibility index (Phi) is 5.82. The van der Waals surface area contributed by atoms with E-state index in [9.17, 15) is 22.8 Å². The summed E-state index contributed by atoms with van der Waals surface area (Å²) in [5.74, 6) is -1.53. The van der Waals surface area contributed by atoms with Crippen LogP contribution in [0.2, 0.25) is 0 Å². The number of aryl methyl sites for hydroxylation is 1. The molecule has 0 saturated carbocycles. The summed E-state index contributed by atoms with van der Waals surface area (Å²) in [5.41, 5.74) is 1.30. The smallest absolute Gasteiger partial charge is 0.408 e. The van der Waals surface area contributed by atoms with Crippen LogP contribution in [0.15, 0.2) is 0 Å². The summed E-state index contributed by atoms with van der Waals surface area (Å²) in [7, 11) is 0. The van der Waals surface area contributed by atoms with Gasteiger partial charge in [-0.25, -0.2) is 4.79 Å². The van der Waals surface area contributed by atoms with Crippen molar-refractivity contribution in [3.63, 3.8) is 0 Å². The molecule has 7 nitrogen and oxygen atoms in total. The topological polar surface area (TPSA) is 87.5 Å². The van der Waals surface area contributed by atoms with Crippen LogP contribution in [-0.4, -0.2) is 51.1 Å². The number of hydrogen-bond donors (Lipinski definition) is 2. The van der Waals surface area contributed by atoms with E-state index in [1.807, 2.05) is 0 Å². The third-order valence-electron chi connectivity index (χ3n) is 4.60. The van der Waals surface area contributed by atoms with Crippen LogP contribution < -0.4 is 5.32 Å². The molecule has 146 valence electrons. The molecule has 1 aliphatic heterocycles. The van der Waals surface area contributed by atoms with Gasteiger partial charge >= 0.3 is 18.2 Å². The number of halogens is 3. The third kappa shape index (κ3) is 4.67. The first-order valence-electron chi connectivity index (χ1n) is 8.38. The molecule has 2 N–H and O–H groups in total. The molecule has 2 amide bonds. The zero-order valence-electron chi connectivity index (χ0n) is 14.9. The van der Waals surface area contributed by atoms with Gasteiger partial charge < -0.3 is 15.3 Å². The minimum absolute atomic E-state index is 0.124. The highest BCUT2D eigenvalue weighted by Crippen LogP contribution is 2.25. The number of aliphatic carboxylic acids is 1. The number of likely N-dealkylation sites (tertiary alicyclic amines) is 1. The van der Waals surface area contributed by atoms with Crippen LogP contribution in [0, 0.1) is 19.8 Å². The number of carbonyl (C=O) groups excluding carboxylic acids is 1. The summed E-state index contributed by atoms with van der Waals surface area (Å²) in [6.07, 6.45) is -3.26. The van der Waals surface area contributed by atoms with Crippen molar-refractivity contribution in [2.45, 2.75) is 52.4 Å². The Morgan fingerprint density at radius 1 is 1.38 bits per heavy atom. The number of nitrogens with zero attached hydrogens (tertiary/aromatic N) is 3. The zero-order chi connectivity index (χ0) is 19.6. The average molecular weight is 376 g/mol. The molecule has 0 aliphatic carbocycles. The molecule has 1 aromatic heterocycles. The lowest BCUT2D eigenvalue weighted by molar-refractivity contribution is -0.144. The fraction of sp³-hybridized carbons (Fsp3) is 0.688. The molecule has 10 heteroatoms. The second-order valence-corrected chi connectivity index (χ2v) is 6.65. The predicted octanol–water partition coefficient (Wildman–Crippen LogP) is 2.63. The van der Waals surface area contributed by atoms with E-state index >= 15 is 0 Å². The van der Waals surface area contributed by atoms with Gasteiger partial charge in [-0.15, -0.1) is 0 Å². The molecule has 1 fully saturated rings. The number of hydrogen-bond acceptors (Lipinski definition) is 3. The van der Waals surface area contributed by atoms with Gasteiger partial charge in [0.15, 0.2) is 0 Å². The summed E-state index contributed by atoms with van der Waals surface area (Å²) < 4.78 is 38.8. The number of carboxylic acid groups (broad SMARTS) is 1. The number of rotatable bonds is 4. The lowest BCUT2D eigenvalue weighted by Gasteiger charge is -2.31. The van der Waals surface area contributed by atoms with Crippen molar-refractivity contribution in [3.05, 3.63) is 17.0 Å². The minimum Gasteiger partial charge on any atom is -0.481 e. The molecule has 26 heavy (non-hydrogen) atoms. The van der Waals surface area contributed by atoms with Crippen LogP contribution >= 0.6 is 0 Å². The Bertz CT molecular complexity index is 687. The van der Waals surface area contributed by atoms with E-state index in [-0.39, 0.29) is 6.54 Å². The van der Waals surface area contributed by atoms with Gasteiger partial charge in [0.1, 0.15) is 6.54 Å². The van der Waals surface area contributed by atoms with Crippen LogP contribution in [0.25, 0.3) is 0 Å². The van der Waals surface area contributed by atoms with E-state index in [0.29, 0.717) is 36.3 Å². The van der Waals surface area contributed by atoms with Crippen molar-refractivity contribution in [1.29, 1.82) is 0 Å². The summed E-state index contributed by atoms with van der Waals surface area (Å²) >= 11 is 0. The number of amides is 2. The van der Waals surface area contributed by atoms with Crippen molar-refractivity contribution >= 4 is 12.0 Å². The molecule has 1 saturated heterocycles. The molecule has 2 unspecified atom stereocenters. The monoisotopic (exact) mass is 376 g/mol. The second-order valence-electron chi connectivity index (χ2n) is 6.65. The van der Waals surface area contributed by atoms with Gasteiger partial charge in [-0.2, -0.15) is 18.3 Å². The highest BCUT2D eigenvalue weighted by atomic mass is 19.4. The standard InChI is InChI=1S/C16H23F3N4O3/c1-9(13-10(2)21-23(11(13)3)8-16(17,18)19)20-15(26)22-6-4-5-12(7-22)14(24)25/h9,12H,4-8H2,1-3H3,(H,20,26)(H,24,25). The summed E-state index contributed by atoms with van der Waals surface area (Å²) in [6.45, 7) is 4.19. The van der Waals surface area contributed by atoms with Crippen molar-refractivity contribution in [2.24, 2.45) is 5.92 Å².